The van der Waals surface area contributed by atoms with Gasteiger partial charge in [-0.25, -0.2) is 0 Å². The van der Waals surface area contributed by atoms with E-state index >= 15 is 0 Å². The minimum Gasteiger partial charge on any atom is -0.468 e. The van der Waals surface area contributed by atoms with Crippen molar-refractivity contribution in [2.45, 2.75) is 45.7 Å². The van der Waals surface area contributed by atoms with Crippen molar-refractivity contribution < 1.29 is 9.53 Å². The molecule has 0 saturated carbocycles. The molecule has 0 aliphatic carbocycles. The van der Waals surface area contributed by atoms with Crippen molar-refractivity contribution in [3.63, 3.8) is 0 Å². The van der Waals surface area contributed by atoms with Crippen LogP contribution in [0, 0.1) is 5.92 Å². The maximum Gasteiger partial charge on any atom is 0.327 e. The summed E-state index contributed by atoms with van der Waals surface area (Å²) in [6.07, 6.45) is 1.22. The molecular formula is C13H26N2O2. The molecule has 0 aromatic heterocycles. The SMILES string of the molecule is COC(=O)C(C)(CN1CCC(C)C1)NC(C)C. The first kappa shape index (κ1) is 14.5. The topological polar surface area (TPSA) is 41.6 Å². The Morgan fingerprint density at radius 3 is 2.65 bits per heavy atom. The van der Waals surface area contributed by atoms with E-state index in [1.807, 2.05) is 20.8 Å². The Hall–Kier alpha value is -0.610. The molecule has 1 aliphatic heterocycles. The van der Waals surface area contributed by atoms with E-state index in [9.17, 15) is 4.79 Å². The third kappa shape index (κ3) is 3.96. The van der Waals surface area contributed by atoms with Crippen molar-refractivity contribution >= 4 is 5.97 Å². The molecule has 100 valence electrons. The summed E-state index contributed by atoms with van der Waals surface area (Å²) in [6.45, 7) is 11.2. The van der Waals surface area contributed by atoms with Crippen molar-refractivity contribution in [2.75, 3.05) is 26.7 Å². The van der Waals surface area contributed by atoms with Gasteiger partial charge in [-0.2, -0.15) is 0 Å². The van der Waals surface area contributed by atoms with Gasteiger partial charge < -0.3 is 9.64 Å². The maximum atomic E-state index is 11.9. The highest BCUT2D eigenvalue weighted by molar-refractivity contribution is 5.80. The molecule has 1 N–H and O–H groups in total. The highest BCUT2D eigenvalue weighted by atomic mass is 16.5. The third-order valence-electron chi connectivity index (χ3n) is 3.29. The molecule has 1 heterocycles. The molecule has 2 unspecified atom stereocenters. The third-order valence-corrected chi connectivity index (χ3v) is 3.29. The van der Waals surface area contributed by atoms with Crippen LogP contribution in [0.2, 0.25) is 0 Å². The summed E-state index contributed by atoms with van der Waals surface area (Å²) in [5.41, 5.74) is -0.604. The minimum absolute atomic E-state index is 0.175. The molecule has 0 bridgehead atoms. The highest BCUT2D eigenvalue weighted by Crippen LogP contribution is 2.19. The molecule has 4 nitrogen and oxygen atoms in total. The molecule has 0 aromatic carbocycles. The van der Waals surface area contributed by atoms with Gasteiger partial charge in [0, 0.05) is 19.1 Å². The molecule has 2 atom stereocenters. The van der Waals surface area contributed by atoms with Gasteiger partial charge >= 0.3 is 5.97 Å². The average Bonchev–Trinajstić information content (AvgIpc) is 2.61. The van der Waals surface area contributed by atoms with Crippen LogP contribution < -0.4 is 5.32 Å². The van der Waals surface area contributed by atoms with Crippen molar-refractivity contribution in [3.05, 3.63) is 0 Å². The number of hydrogen-bond acceptors (Lipinski definition) is 4. The second-order valence-electron chi connectivity index (χ2n) is 5.75. The summed E-state index contributed by atoms with van der Waals surface area (Å²) in [5, 5.41) is 3.33. The quantitative estimate of drug-likeness (QED) is 0.737. The van der Waals surface area contributed by atoms with Crippen LogP contribution in [-0.2, 0) is 9.53 Å². The van der Waals surface area contributed by atoms with Gasteiger partial charge in [-0.05, 0) is 39.7 Å². The summed E-state index contributed by atoms with van der Waals surface area (Å²) in [7, 11) is 1.45. The first-order valence-electron chi connectivity index (χ1n) is 6.46. The van der Waals surface area contributed by atoms with Crippen LogP contribution in [-0.4, -0.2) is 49.2 Å². The second-order valence-corrected chi connectivity index (χ2v) is 5.75. The van der Waals surface area contributed by atoms with E-state index in [0.29, 0.717) is 0 Å². The zero-order chi connectivity index (χ0) is 13.1. The fourth-order valence-corrected chi connectivity index (χ4v) is 2.65. The number of carbonyl (C=O) groups is 1. The molecule has 0 spiro atoms. The highest BCUT2D eigenvalue weighted by Gasteiger charge is 2.37. The average molecular weight is 242 g/mol. The molecule has 4 heteroatoms. The molecular weight excluding hydrogens is 216 g/mol. The summed E-state index contributed by atoms with van der Waals surface area (Å²) < 4.78 is 4.93. The van der Waals surface area contributed by atoms with Gasteiger partial charge in [0.25, 0.3) is 0 Å². The van der Waals surface area contributed by atoms with Gasteiger partial charge in [-0.15, -0.1) is 0 Å². The lowest BCUT2D eigenvalue weighted by Gasteiger charge is -2.33. The van der Waals surface area contributed by atoms with Gasteiger partial charge in [-0.1, -0.05) is 6.92 Å². The summed E-state index contributed by atoms with van der Waals surface area (Å²) in [5.74, 6) is 0.557. The van der Waals surface area contributed by atoms with Crippen LogP contribution in [0.5, 0.6) is 0 Å². The number of nitrogens with zero attached hydrogens (tertiary/aromatic N) is 1. The van der Waals surface area contributed by atoms with Crippen LogP contribution in [0.15, 0.2) is 0 Å². The first-order valence-corrected chi connectivity index (χ1v) is 6.46. The van der Waals surface area contributed by atoms with E-state index in [2.05, 4.69) is 17.1 Å². The Labute approximate surface area is 105 Å². The van der Waals surface area contributed by atoms with E-state index in [0.717, 1.165) is 25.6 Å². The largest absolute Gasteiger partial charge is 0.468 e. The molecule has 0 radical (unpaired) electrons. The van der Waals surface area contributed by atoms with E-state index < -0.39 is 5.54 Å². The van der Waals surface area contributed by atoms with E-state index in [-0.39, 0.29) is 12.0 Å². The molecule has 1 aliphatic rings. The number of hydrogen-bond donors (Lipinski definition) is 1. The lowest BCUT2D eigenvalue weighted by molar-refractivity contribution is -0.149. The fraction of sp³-hybridized carbons (Fsp3) is 0.923. The Morgan fingerprint density at radius 1 is 1.59 bits per heavy atom. The van der Waals surface area contributed by atoms with Crippen molar-refractivity contribution in [2.24, 2.45) is 5.92 Å². The van der Waals surface area contributed by atoms with Gasteiger partial charge in [0.2, 0.25) is 0 Å². The van der Waals surface area contributed by atoms with Crippen LogP contribution in [0.25, 0.3) is 0 Å². The van der Waals surface area contributed by atoms with Crippen molar-refractivity contribution in [3.8, 4) is 0 Å². The summed E-state index contributed by atoms with van der Waals surface area (Å²) in [4.78, 5) is 14.3. The number of methoxy groups -OCH3 is 1. The number of nitrogens with one attached hydrogen (secondary N) is 1. The van der Waals surface area contributed by atoms with Crippen molar-refractivity contribution in [1.29, 1.82) is 0 Å². The monoisotopic (exact) mass is 242 g/mol. The van der Waals surface area contributed by atoms with Crippen LogP contribution >= 0.6 is 0 Å². The van der Waals surface area contributed by atoms with Gasteiger partial charge in [0.15, 0.2) is 0 Å². The van der Waals surface area contributed by atoms with Gasteiger partial charge in [-0.3, -0.25) is 10.1 Å². The number of rotatable bonds is 5. The van der Waals surface area contributed by atoms with Gasteiger partial charge in [0.1, 0.15) is 5.54 Å². The minimum atomic E-state index is -0.604. The van der Waals surface area contributed by atoms with Crippen LogP contribution in [0.4, 0.5) is 0 Å². The molecule has 0 aromatic rings. The predicted molar refractivity (Wildman–Crippen MR) is 68.9 cm³/mol. The lowest BCUT2D eigenvalue weighted by Crippen LogP contribution is -2.59. The van der Waals surface area contributed by atoms with Crippen LogP contribution in [0.3, 0.4) is 0 Å². The molecule has 17 heavy (non-hydrogen) atoms. The Bertz CT molecular complexity index is 268. The van der Waals surface area contributed by atoms with E-state index in [1.54, 1.807) is 0 Å². The number of likely N-dealkylation sites (tertiary alicyclic amines) is 1. The molecule has 1 rings (SSSR count). The normalized spacial score (nSPS) is 24.9. The second kappa shape index (κ2) is 5.83. The van der Waals surface area contributed by atoms with Crippen LogP contribution in [0.1, 0.15) is 34.1 Å². The Kier molecular flexibility index (Phi) is 4.95. The standard InChI is InChI=1S/C13H26N2O2/c1-10(2)14-13(4,12(16)17-5)9-15-7-6-11(3)8-15/h10-11,14H,6-9H2,1-5H3. The van der Waals surface area contributed by atoms with Crippen molar-refractivity contribution in [1.82, 2.24) is 10.2 Å². The van der Waals surface area contributed by atoms with E-state index in [1.165, 1.54) is 13.5 Å². The maximum absolute atomic E-state index is 11.9. The first-order chi connectivity index (χ1) is 7.87. The Morgan fingerprint density at radius 2 is 2.24 bits per heavy atom. The smallest absolute Gasteiger partial charge is 0.327 e. The molecule has 0 amide bonds. The van der Waals surface area contributed by atoms with Gasteiger partial charge in [0.05, 0.1) is 7.11 Å². The molecule has 1 saturated heterocycles. The zero-order valence-corrected chi connectivity index (χ0v) is 11.7. The van der Waals surface area contributed by atoms with E-state index in [4.69, 9.17) is 4.74 Å². The fourth-order valence-electron chi connectivity index (χ4n) is 2.65. The Balaban J connectivity index is 2.66. The molecule has 1 fully saturated rings. The summed E-state index contributed by atoms with van der Waals surface area (Å²) in [6, 6.07) is 0.263. The number of carbonyl (C=O) groups excluding carboxylic acids is 1. The summed E-state index contributed by atoms with van der Waals surface area (Å²) >= 11 is 0. The predicted octanol–water partition coefficient (Wildman–Crippen LogP) is 1.26. The lowest BCUT2D eigenvalue weighted by atomic mass is 10.0. The number of esters is 1. The number of ether oxygens (including phenoxy) is 1. The zero-order valence-electron chi connectivity index (χ0n) is 11.7.